The maximum atomic E-state index is 14.5. The normalized spacial score (nSPS) is 22.3. The fourth-order valence-corrected chi connectivity index (χ4v) is 7.54. The lowest BCUT2D eigenvalue weighted by molar-refractivity contribution is -0.156. The van der Waals surface area contributed by atoms with E-state index in [9.17, 15) is 19.2 Å². The summed E-state index contributed by atoms with van der Waals surface area (Å²) in [5.74, 6) is -4.32. The van der Waals surface area contributed by atoms with E-state index >= 15 is 0 Å². The van der Waals surface area contributed by atoms with Crippen LogP contribution in [0.5, 0.6) is 0 Å². The van der Waals surface area contributed by atoms with Crippen LogP contribution in [0.1, 0.15) is 61.7 Å². The minimum absolute atomic E-state index is 0.0267. The van der Waals surface area contributed by atoms with E-state index in [4.69, 9.17) is 23.2 Å². The summed E-state index contributed by atoms with van der Waals surface area (Å²) in [6.45, 7) is 1.53. The summed E-state index contributed by atoms with van der Waals surface area (Å²) in [6, 6.07) is 27.5. The zero-order valence-corrected chi connectivity index (χ0v) is 23.9. The summed E-state index contributed by atoms with van der Waals surface area (Å²) < 4.78 is 0. The minimum Gasteiger partial charge on any atom is -0.292 e. The second kappa shape index (κ2) is 9.93. The number of ketones is 1. The lowest BCUT2D eigenvalue weighted by atomic mass is 9.55. The van der Waals surface area contributed by atoms with E-state index in [1.54, 1.807) is 30.3 Å². The first kappa shape index (κ1) is 26.6. The van der Waals surface area contributed by atoms with Gasteiger partial charge >= 0.3 is 0 Å². The largest absolute Gasteiger partial charge is 0.292 e. The van der Waals surface area contributed by atoms with Crippen molar-refractivity contribution in [3.05, 3.63) is 140 Å². The van der Waals surface area contributed by atoms with Crippen molar-refractivity contribution in [2.45, 2.75) is 24.8 Å². The topological polar surface area (TPSA) is 74.8 Å². The van der Waals surface area contributed by atoms with Gasteiger partial charge in [-0.15, -0.1) is 0 Å². The third-order valence-electron chi connectivity index (χ3n) is 8.81. The van der Waals surface area contributed by atoms with Gasteiger partial charge in [-0.3, -0.25) is 19.2 Å². The van der Waals surface area contributed by atoms with E-state index in [0.29, 0.717) is 10.6 Å². The molecule has 0 spiro atoms. The van der Waals surface area contributed by atoms with Gasteiger partial charge < -0.3 is 0 Å². The van der Waals surface area contributed by atoms with Gasteiger partial charge in [-0.25, -0.2) is 5.01 Å². The van der Waals surface area contributed by atoms with Crippen LogP contribution in [-0.2, 0) is 9.59 Å². The number of hydrogen-bond acceptors (Lipinski definition) is 4. The molecule has 8 heteroatoms. The molecule has 0 aromatic heterocycles. The first-order valence-electron chi connectivity index (χ1n) is 13.7. The third kappa shape index (κ3) is 3.79. The molecule has 3 amide bonds. The molecule has 8 rings (SSSR count). The van der Waals surface area contributed by atoms with Crippen molar-refractivity contribution in [3.8, 4) is 0 Å². The molecule has 1 aliphatic heterocycles. The molecule has 208 valence electrons. The molecule has 4 aromatic carbocycles. The van der Waals surface area contributed by atoms with Crippen LogP contribution >= 0.6 is 23.2 Å². The predicted molar refractivity (Wildman–Crippen MR) is 158 cm³/mol. The third-order valence-corrected chi connectivity index (χ3v) is 9.36. The zero-order valence-electron chi connectivity index (χ0n) is 22.4. The number of carbonyl (C=O) groups excluding carboxylic acids is 4. The van der Waals surface area contributed by atoms with Crippen molar-refractivity contribution in [2.75, 3.05) is 0 Å². The minimum atomic E-state index is -1.19. The highest BCUT2D eigenvalue weighted by Gasteiger charge is 2.63. The van der Waals surface area contributed by atoms with Crippen molar-refractivity contribution in [3.63, 3.8) is 0 Å². The van der Waals surface area contributed by atoms with Gasteiger partial charge in [0.2, 0.25) is 0 Å². The molecule has 0 N–H and O–H groups in total. The highest BCUT2D eigenvalue weighted by atomic mass is 35.5. The van der Waals surface area contributed by atoms with Crippen LogP contribution in [-0.4, -0.2) is 39.6 Å². The van der Waals surface area contributed by atoms with E-state index in [1.807, 2.05) is 48.5 Å². The number of nitrogens with zero attached hydrogens (tertiary/aromatic N) is 2. The Bertz CT molecular complexity index is 1690. The van der Waals surface area contributed by atoms with Gasteiger partial charge in [0.05, 0.1) is 22.4 Å². The zero-order chi connectivity index (χ0) is 29.3. The summed E-state index contributed by atoms with van der Waals surface area (Å²) in [5, 5.41) is 2.30. The molecule has 1 fully saturated rings. The summed E-state index contributed by atoms with van der Waals surface area (Å²) in [4.78, 5) is 57.0. The molecule has 4 aromatic rings. The first-order chi connectivity index (χ1) is 20.3. The molecule has 2 bridgehead atoms. The standard InChI is InChI=1S/C34H24Cl2N2O4/c1-18(31(39)19-9-3-2-4-10-19)37(32(40)25-16-15-20(35)17-26(25)36)38-33(41)29-27-21-11-5-6-12-22(21)28(30(29)34(38)42)24-14-8-7-13-23(24)27/h2-18,27-30H,1H3/t18-,27?,28?,29-,30-/m1/s1. The Morgan fingerprint density at radius 1 is 0.714 bits per heavy atom. The van der Waals surface area contributed by atoms with Gasteiger partial charge in [-0.1, -0.05) is 102 Å². The van der Waals surface area contributed by atoms with E-state index in [1.165, 1.54) is 25.1 Å². The SMILES string of the molecule is C[C@H](C(=O)c1ccccc1)N(C(=O)c1ccc(Cl)cc1Cl)N1C(=O)[C@@H]2C3c4ccccc4C(c4ccccc43)[C@H]2C1=O. The number of hydrazine groups is 1. The summed E-state index contributed by atoms with van der Waals surface area (Å²) in [5.41, 5.74) is 4.42. The smallest absolute Gasteiger partial charge is 0.275 e. The van der Waals surface area contributed by atoms with Crippen LogP contribution in [0.15, 0.2) is 97.1 Å². The number of imide groups is 1. The van der Waals surface area contributed by atoms with Crippen LogP contribution in [0.3, 0.4) is 0 Å². The van der Waals surface area contributed by atoms with Crippen molar-refractivity contribution < 1.29 is 19.2 Å². The summed E-state index contributed by atoms with van der Waals surface area (Å²) in [6.07, 6.45) is 0. The average molecular weight is 595 g/mol. The number of carbonyl (C=O) groups is 4. The number of hydrogen-bond donors (Lipinski definition) is 0. The Morgan fingerprint density at radius 2 is 1.19 bits per heavy atom. The number of Topliss-reactive ketones (excluding diaryl/α,β-unsaturated/α-hetero) is 1. The summed E-state index contributed by atoms with van der Waals surface area (Å²) in [7, 11) is 0. The van der Waals surface area contributed by atoms with E-state index in [-0.39, 0.29) is 22.4 Å². The quantitative estimate of drug-likeness (QED) is 0.195. The molecule has 3 atom stereocenters. The van der Waals surface area contributed by atoms with Gasteiger partial charge in [-0.05, 0) is 47.4 Å². The number of benzene rings is 4. The van der Waals surface area contributed by atoms with Crippen molar-refractivity contribution in [1.29, 1.82) is 0 Å². The van der Waals surface area contributed by atoms with Gasteiger partial charge in [0.25, 0.3) is 17.7 Å². The molecule has 0 radical (unpaired) electrons. The maximum absolute atomic E-state index is 14.5. The van der Waals surface area contributed by atoms with Crippen molar-refractivity contribution in [2.24, 2.45) is 11.8 Å². The second-order valence-corrected chi connectivity index (χ2v) is 11.8. The van der Waals surface area contributed by atoms with E-state index < -0.39 is 41.4 Å². The molecule has 3 aliphatic carbocycles. The number of rotatable bonds is 5. The molecular formula is C34H24Cl2N2O4. The molecule has 1 saturated heterocycles. The molecule has 4 aliphatic rings. The Labute approximate surface area is 252 Å². The van der Waals surface area contributed by atoms with Crippen LogP contribution in [0, 0.1) is 11.8 Å². The Kier molecular flexibility index (Phi) is 6.30. The van der Waals surface area contributed by atoms with Gasteiger partial charge in [-0.2, -0.15) is 5.01 Å². The first-order valence-corrected chi connectivity index (χ1v) is 14.5. The monoisotopic (exact) mass is 594 g/mol. The molecule has 0 unspecified atom stereocenters. The predicted octanol–water partition coefficient (Wildman–Crippen LogP) is 6.51. The van der Waals surface area contributed by atoms with Gasteiger partial charge in [0.15, 0.2) is 5.78 Å². The molecule has 6 nitrogen and oxygen atoms in total. The van der Waals surface area contributed by atoms with E-state index in [2.05, 4.69) is 0 Å². The highest BCUT2D eigenvalue weighted by molar-refractivity contribution is 6.36. The number of amides is 3. The maximum Gasteiger partial charge on any atom is 0.275 e. The molecular weight excluding hydrogens is 571 g/mol. The van der Waals surface area contributed by atoms with Gasteiger partial charge in [0, 0.05) is 22.4 Å². The molecule has 1 heterocycles. The van der Waals surface area contributed by atoms with Crippen LogP contribution in [0.2, 0.25) is 10.0 Å². The van der Waals surface area contributed by atoms with Crippen LogP contribution in [0.25, 0.3) is 0 Å². The Balaban J connectivity index is 1.37. The van der Waals surface area contributed by atoms with Crippen LogP contribution < -0.4 is 0 Å². The number of halogens is 2. The van der Waals surface area contributed by atoms with Crippen LogP contribution in [0.4, 0.5) is 0 Å². The second-order valence-electron chi connectivity index (χ2n) is 10.9. The Hall–Kier alpha value is -4.26. The lowest BCUT2D eigenvalue weighted by Gasteiger charge is -2.45. The average Bonchev–Trinajstić information content (AvgIpc) is 3.27. The fourth-order valence-electron chi connectivity index (χ4n) is 7.05. The van der Waals surface area contributed by atoms with Crippen molar-refractivity contribution >= 4 is 46.7 Å². The Morgan fingerprint density at radius 3 is 1.67 bits per heavy atom. The van der Waals surface area contributed by atoms with Crippen molar-refractivity contribution in [1.82, 2.24) is 10.0 Å². The van der Waals surface area contributed by atoms with E-state index in [0.717, 1.165) is 32.3 Å². The lowest BCUT2D eigenvalue weighted by Crippen LogP contribution is -2.56. The molecule has 0 saturated carbocycles. The summed E-state index contributed by atoms with van der Waals surface area (Å²) >= 11 is 12.5. The molecule has 42 heavy (non-hydrogen) atoms. The highest BCUT2D eigenvalue weighted by Crippen LogP contribution is 2.61. The van der Waals surface area contributed by atoms with Gasteiger partial charge in [0.1, 0.15) is 6.04 Å². The fraction of sp³-hybridized carbons (Fsp3) is 0.176.